The number of amides is 1. The number of halogens is 5. The molecule has 116 valence electrons. The minimum Gasteiger partial charge on any atom is -0.326 e. The fraction of sp³-hybridized carbons (Fsp3) is 0.133. The Bertz CT molecular complexity index is 703. The Morgan fingerprint density at radius 2 is 1.91 bits per heavy atom. The van der Waals surface area contributed by atoms with E-state index in [-0.39, 0.29) is 12.1 Å². The van der Waals surface area contributed by atoms with Gasteiger partial charge in [-0.05, 0) is 35.9 Å². The van der Waals surface area contributed by atoms with Crippen molar-refractivity contribution in [2.75, 3.05) is 5.32 Å². The van der Waals surface area contributed by atoms with Gasteiger partial charge in [0.05, 0.1) is 17.0 Å². The van der Waals surface area contributed by atoms with Crippen molar-refractivity contribution in [2.45, 2.75) is 12.6 Å². The van der Waals surface area contributed by atoms with Gasteiger partial charge in [0.1, 0.15) is 0 Å². The van der Waals surface area contributed by atoms with Crippen LogP contribution in [0, 0.1) is 0 Å². The van der Waals surface area contributed by atoms with Crippen LogP contribution in [-0.4, -0.2) is 5.91 Å². The van der Waals surface area contributed by atoms with Gasteiger partial charge in [-0.1, -0.05) is 39.7 Å². The number of anilines is 1. The SMILES string of the molecule is O=C(Cc1cccc(Br)c1)Nc1ccc(Cl)c(C(F)(F)F)c1. The van der Waals surface area contributed by atoms with E-state index in [0.29, 0.717) is 0 Å². The molecule has 0 fully saturated rings. The number of rotatable bonds is 3. The van der Waals surface area contributed by atoms with E-state index in [1.807, 2.05) is 6.07 Å². The second-order valence-electron chi connectivity index (χ2n) is 4.55. The van der Waals surface area contributed by atoms with Crippen molar-refractivity contribution in [3.05, 3.63) is 63.1 Å². The van der Waals surface area contributed by atoms with Crippen LogP contribution >= 0.6 is 27.5 Å². The lowest BCUT2D eigenvalue weighted by Crippen LogP contribution is -2.15. The molecular weight excluding hydrogens is 383 g/mol. The van der Waals surface area contributed by atoms with Crippen molar-refractivity contribution in [3.8, 4) is 0 Å². The van der Waals surface area contributed by atoms with Gasteiger partial charge in [0, 0.05) is 10.2 Å². The summed E-state index contributed by atoms with van der Waals surface area (Å²) in [7, 11) is 0. The Balaban J connectivity index is 2.12. The summed E-state index contributed by atoms with van der Waals surface area (Å²) < 4.78 is 39.1. The molecule has 0 aliphatic rings. The molecule has 22 heavy (non-hydrogen) atoms. The van der Waals surface area contributed by atoms with Gasteiger partial charge in [0.15, 0.2) is 0 Å². The van der Waals surface area contributed by atoms with E-state index in [9.17, 15) is 18.0 Å². The number of benzene rings is 2. The van der Waals surface area contributed by atoms with Crippen molar-refractivity contribution in [1.82, 2.24) is 0 Å². The van der Waals surface area contributed by atoms with Crippen LogP contribution in [0.15, 0.2) is 46.9 Å². The zero-order valence-electron chi connectivity index (χ0n) is 11.0. The Labute approximate surface area is 138 Å². The highest BCUT2D eigenvalue weighted by Gasteiger charge is 2.33. The maximum absolute atomic E-state index is 12.8. The fourth-order valence-corrected chi connectivity index (χ4v) is 2.53. The monoisotopic (exact) mass is 391 g/mol. The van der Waals surface area contributed by atoms with E-state index in [4.69, 9.17) is 11.6 Å². The third-order valence-corrected chi connectivity index (χ3v) is 3.63. The molecule has 1 N–H and O–H groups in total. The summed E-state index contributed by atoms with van der Waals surface area (Å²) in [6.45, 7) is 0. The molecule has 0 spiro atoms. The van der Waals surface area contributed by atoms with Crippen LogP contribution in [0.25, 0.3) is 0 Å². The Morgan fingerprint density at radius 1 is 1.18 bits per heavy atom. The first-order valence-electron chi connectivity index (χ1n) is 6.17. The van der Waals surface area contributed by atoms with Crippen molar-refractivity contribution >= 4 is 39.1 Å². The van der Waals surface area contributed by atoms with Crippen LogP contribution in [0.5, 0.6) is 0 Å². The lowest BCUT2D eigenvalue weighted by Gasteiger charge is -2.12. The third-order valence-electron chi connectivity index (χ3n) is 2.81. The summed E-state index contributed by atoms with van der Waals surface area (Å²) in [5.74, 6) is -0.409. The van der Waals surface area contributed by atoms with Gasteiger partial charge in [0.25, 0.3) is 0 Å². The molecule has 0 saturated carbocycles. The minimum atomic E-state index is -4.57. The maximum Gasteiger partial charge on any atom is 0.417 e. The second-order valence-corrected chi connectivity index (χ2v) is 5.87. The highest BCUT2D eigenvalue weighted by atomic mass is 79.9. The van der Waals surface area contributed by atoms with Crippen LogP contribution < -0.4 is 5.32 Å². The molecule has 0 saturated heterocycles. The van der Waals surface area contributed by atoms with Gasteiger partial charge >= 0.3 is 6.18 Å². The van der Waals surface area contributed by atoms with E-state index in [0.717, 1.165) is 22.2 Å². The van der Waals surface area contributed by atoms with E-state index in [2.05, 4.69) is 21.2 Å². The average molecular weight is 393 g/mol. The quantitative estimate of drug-likeness (QED) is 0.754. The van der Waals surface area contributed by atoms with E-state index >= 15 is 0 Å². The van der Waals surface area contributed by atoms with Gasteiger partial charge in [-0.3, -0.25) is 4.79 Å². The predicted octanol–water partition coefficient (Wildman–Crippen LogP) is 5.30. The normalized spacial score (nSPS) is 11.3. The number of alkyl halides is 3. The first-order valence-corrected chi connectivity index (χ1v) is 7.34. The largest absolute Gasteiger partial charge is 0.417 e. The molecule has 0 aromatic heterocycles. The van der Waals surface area contributed by atoms with Crippen LogP contribution in [-0.2, 0) is 17.4 Å². The molecular formula is C15H10BrClF3NO. The van der Waals surface area contributed by atoms with Gasteiger partial charge in [0.2, 0.25) is 5.91 Å². The molecule has 2 aromatic rings. The van der Waals surface area contributed by atoms with Crippen molar-refractivity contribution in [2.24, 2.45) is 0 Å². The standard InChI is InChI=1S/C15H10BrClF3NO/c16-10-3-1-2-9(6-10)7-14(22)21-11-4-5-13(17)12(8-11)15(18,19)20/h1-6,8H,7H2,(H,21,22). The molecule has 0 heterocycles. The predicted molar refractivity (Wildman–Crippen MR) is 82.9 cm³/mol. The van der Waals surface area contributed by atoms with Gasteiger partial charge in [-0.25, -0.2) is 0 Å². The lowest BCUT2D eigenvalue weighted by molar-refractivity contribution is -0.137. The third kappa shape index (κ3) is 4.48. The fourth-order valence-electron chi connectivity index (χ4n) is 1.86. The Kier molecular flexibility index (Phi) is 5.13. The topological polar surface area (TPSA) is 29.1 Å². The summed E-state index contributed by atoms with van der Waals surface area (Å²) in [4.78, 5) is 11.9. The van der Waals surface area contributed by atoms with E-state index in [1.54, 1.807) is 18.2 Å². The minimum absolute atomic E-state index is 0.0525. The second kappa shape index (κ2) is 6.71. The zero-order chi connectivity index (χ0) is 16.3. The lowest BCUT2D eigenvalue weighted by atomic mass is 10.1. The Morgan fingerprint density at radius 3 is 2.55 bits per heavy atom. The molecule has 0 unspecified atom stereocenters. The van der Waals surface area contributed by atoms with Crippen LogP contribution in [0.3, 0.4) is 0 Å². The number of hydrogen-bond donors (Lipinski definition) is 1. The molecule has 2 rings (SSSR count). The molecule has 2 aromatic carbocycles. The summed E-state index contributed by atoms with van der Waals surface area (Å²) in [5, 5.41) is 2.03. The van der Waals surface area contributed by atoms with Crippen LogP contribution in [0.4, 0.5) is 18.9 Å². The van der Waals surface area contributed by atoms with Gasteiger partial charge in [-0.2, -0.15) is 13.2 Å². The van der Waals surface area contributed by atoms with Crippen LogP contribution in [0.2, 0.25) is 5.02 Å². The van der Waals surface area contributed by atoms with Crippen molar-refractivity contribution < 1.29 is 18.0 Å². The smallest absolute Gasteiger partial charge is 0.326 e. The van der Waals surface area contributed by atoms with Crippen molar-refractivity contribution in [1.29, 1.82) is 0 Å². The number of nitrogens with one attached hydrogen (secondary N) is 1. The Hall–Kier alpha value is -1.53. The molecule has 0 radical (unpaired) electrons. The highest BCUT2D eigenvalue weighted by Crippen LogP contribution is 2.36. The molecule has 2 nitrogen and oxygen atoms in total. The first kappa shape index (κ1) is 16.8. The van der Waals surface area contributed by atoms with E-state index < -0.39 is 22.7 Å². The number of carbonyl (C=O) groups is 1. The summed E-state index contributed by atoms with van der Waals surface area (Å²) >= 11 is 8.81. The summed E-state index contributed by atoms with van der Waals surface area (Å²) in [6.07, 6.45) is -4.51. The summed E-state index contributed by atoms with van der Waals surface area (Å²) in [6, 6.07) is 10.4. The molecule has 7 heteroatoms. The highest BCUT2D eigenvalue weighted by molar-refractivity contribution is 9.10. The van der Waals surface area contributed by atoms with Crippen LogP contribution in [0.1, 0.15) is 11.1 Å². The maximum atomic E-state index is 12.8. The zero-order valence-corrected chi connectivity index (χ0v) is 13.4. The summed E-state index contributed by atoms with van der Waals surface area (Å²) in [5.41, 5.74) is -0.178. The molecule has 0 aliphatic carbocycles. The number of carbonyl (C=O) groups excluding carboxylic acids is 1. The molecule has 1 amide bonds. The average Bonchev–Trinajstić information content (AvgIpc) is 2.39. The molecule has 0 atom stereocenters. The molecule has 0 aliphatic heterocycles. The van der Waals surface area contributed by atoms with Gasteiger partial charge < -0.3 is 5.32 Å². The first-order chi connectivity index (χ1) is 10.3. The molecule has 0 bridgehead atoms. The van der Waals surface area contributed by atoms with E-state index in [1.165, 1.54) is 6.07 Å². The van der Waals surface area contributed by atoms with Gasteiger partial charge in [-0.15, -0.1) is 0 Å². The van der Waals surface area contributed by atoms with Crippen molar-refractivity contribution in [3.63, 3.8) is 0 Å². The number of hydrogen-bond acceptors (Lipinski definition) is 1.